The molecule has 0 unspecified atom stereocenters. The van der Waals surface area contributed by atoms with E-state index in [1.165, 1.54) is 6.42 Å². The van der Waals surface area contributed by atoms with E-state index in [0.29, 0.717) is 30.0 Å². The molecule has 8 rings (SSSR count). The molecule has 0 amide bonds. The van der Waals surface area contributed by atoms with E-state index in [-0.39, 0.29) is 18.1 Å². The maximum Gasteiger partial charge on any atom is 0.201 e. The quantitative estimate of drug-likeness (QED) is 0.223. The Morgan fingerprint density at radius 1 is 1.00 bits per heavy atom. The summed E-state index contributed by atoms with van der Waals surface area (Å²) in [7, 11) is 0. The zero-order valence-electron chi connectivity index (χ0n) is 23.8. The highest BCUT2D eigenvalue weighted by molar-refractivity contribution is 6.31. The lowest BCUT2D eigenvalue weighted by atomic mass is 9.58. The molecular weight excluding hydrogens is 542 g/mol. The van der Waals surface area contributed by atoms with Gasteiger partial charge in [0.2, 0.25) is 5.79 Å². The molecular formula is C32H38ClN3O5. The Morgan fingerprint density at radius 3 is 2.68 bits per heavy atom. The van der Waals surface area contributed by atoms with Gasteiger partial charge in [-0.2, -0.15) is 0 Å². The molecule has 41 heavy (non-hydrogen) atoms. The number of nitrogens with zero attached hydrogens (tertiary/aromatic N) is 1. The summed E-state index contributed by atoms with van der Waals surface area (Å²) in [5, 5.41) is 8.65. The van der Waals surface area contributed by atoms with E-state index < -0.39 is 17.7 Å². The lowest BCUT2D eigenvalue weighted by Crippen LogP contribution is -2.70. The van der Waals surface area contributed by atoms with Crippen LogP contribution in [0.3, 0.4) is 0 Å². The van der Waals surface area contributed by atoms with Gasteiger partial charge in [-0.25, -0.2) is 9.78 Å². The van der Waals surface area contributed by atoms with Crippen LogP contribution >= 0.6 is 11.6 Å². The Bertz CT molecular complexity index is 1410. The number of anilines is 3. The average molecular weight is 580 g/mol. The minimum atomic E-state index is -0.774. The fourth-order valence-corrected chi connectivity index (χ4v) is 7.66. The summed E-state index contributed by atoms with van der Waals surface area (Å²) in [6.07, 6.45) is 5.03. The number of aromatic nitrogens is 1. The first kappa shape index (κ1) is 27.4. The van der Waals surface area contributed by atoms with Crippen molar-refractivity contribution in [2.45, 2.75) is 70.4 Å². The maximum absolute atomic E-state index is 6.52. The lowest BCUT2D eigenvalue weighted by molar-refractivity contribution is -0.577. The molecule has 1 spiro atoms. The predicted octanol–water partition coefficient (Wildman–Crippen LogP) is 7.27. The number of hydrogen-bond donors (Lipinski definition) is 2. The van der Waals surface area contributed by atoms with Gasteiger partial charge < -0.3 is 24.8 Å². The normalized spacial score (nSPS) is 36.0. The van der Waals surface area contributed by atoms with E-state index >= 15 is 0 Å². The minimum Gasteiger partial charge on any atom is -0.383 e. The van der Waals surface area contributed by atoms with Crippen LogP contribution in [0.2, 0.25) is 5.02 Å². The largest absolute Gasteiger partial charge is 0.383 e. The third-order valence-electron chi connectivity index (χ3n) is 9.68. The number of benzene rings is 2. The SMILES string of the molecule is C[C@H]1[C@@H](OCCNc2ccc(Nc3ccnc4cc(Cl)ccc34)cc2)O[C@@H]2O[C@@]3(C)CC[C@H]4[C@H](C)CC[C@@H]1[C@@]24OO3. The van der Waals surface area contributed by atoms with Crippen molar-refractivity contribution >= 4 is 39.6 Å². The molecule has 0 radical (unpaired) electrons. The molecule has 4 saturated heterocycles. The van der Waals surface area contributed by atoms with Crippen molar-refractivity contribution in [3.63, 3.8) is 0 Å². The van der Waals surface area contributed by atoms with Crippen molar-refractivity contribution < 1.29 is 24.0 Å². The molecule has 2 bridgehead atoms. The Kier molecular flexibility index (Phi) is 7.12. The first-order valence-electron chi connectivity index (χ1n) is 14.8. The average Bonchev–Trinajstić information content (AvgIpc) is 3.20. The molecule has 3 aromatic rings. The zero-order valence-corrected chi connectivity index (χ0v) is 24.5. The molecule has 8 atom stereocenters. The van der Waals surface area contributed by atoms with E-state index in [4.69, 9.17) is 35.6 Å². The standard InChI is InChI=1S/C32H38ClN3O5/c1-19-4-11-26-20(2)29(38-30-32(26)25(19)12-14-31(3,39-30)40-41-32)37-17-16-34-22-6-8-23(9-7-22)36-27-13-15-35-28-18-21(33)5-10-24(27)28/h5-10,13,15,18-20,25-26,29-30,34H,4,11-12,14,16-17H2,1-3H3,(H,35,36)/t19-,20-,25+,26+,29+,30-,31-,32-/m1/s1. The van der Waals surface area contributed by atoms with Gasteiger partial charge in [0.05, 0.1) is 12.1 Å². The molecule has 1 aliphatic carbocycles. The Balaban J connectivity index is 0.957. The van der Waals surface area contributed by atoms with Crippen LogP contribution in [0.4, 0.5) is 17.1 Å². The van der Waals surface area contributed by atoms with Crippen LogP contribution in [0.1, 0.15) is 46.5 Å². The Labute approximate surface area is 245 Å². The lowest BCUT2D eigenvalue weighted by Gasteiger charge is -2.60. The molecule has 5 aliphatic rings. The predicted molar refractivity (Wildman–Crippen MR) is 158 cm³/mol. The first-order valence-corrected chi connectivity index (χ1v) is 15.2. The summed E-state index contributed by atoms with van der Waals surface area (Å²) in [6.45, 7) is 7.67. The van der Waals surface area contributed by atoms with Crippen LogP contribution in [0.15, 0.2) is 54.7 Å². The number of halogens is 1. The smallest absolute Gasteiger partial charge is 0.201 e. The van der Waals surface area contributed by atoms with Crippen molar-refractivity contribution in [2.24, 2.45) is 23.7 Å². The van der Waals surface area contributed by atoms with Crippen LogP contribution < -0.4 is 10.6 Å². The van der Waals surface area contributed by atoms with Crippen LogP contribution in [0.25, 0.3) is 10.9 Å². The summed E-state index contributed by atoms with van der Waals surface area (Å²) in [4.78, 5) is 16.6. The molecule has 5 fully saturated rings. The summed E-state index contributed by atoms with van der Waals surface area (Å²) in [5.74, 6) is 0.556. The summed E-state index contributed by atoms with van der Waals surface area (Å²) in [5.41, 5.74) is 3.30. The van der Waals surface area contributed by atoms with Gasteiger partial charge in [-0.1, -0.05) is 25.4 Å². The molecule has 9 heteroatoms. The van der Waals surface area contributed by atoms with E-state index in [1.807, 2.05) is 31.2 Å². The second-order valence-electron chi connectivity index (χ2n) is 12.3. The number of pyridine rings is 1. The zero-order chi connectivity index (χ0) is 28.2. The van der Waals surface area contributed by atoms with Gasteiger partial charge in [0.25, 0.3) is 0 Å². The van der Waals surface area contributed by atoms with Gasteiger partial charge in [0, 0.05) is 58.5 Å². The fourth-order valence-electron chi connectivity index (χ4n) is 7.49. The number of fused-ring (bicyclic) bond motifs is 3. The minimum absolute atomic E-state index is 0.168. The van der Waals surface area contributed by atoms with Crippen LogP contribution in [0.5, 0.6) is 0 Å². The van der Waals surface area contributed by atoms with E-state index in [2.05, 4.69) is 53.7 Å². The monoisotopic (exact) mass is 579 g/mol. The van der Waals surface area contributed by atoms with Crippen molar-refractivity contribution in [1.29, 1.82) is 0 Å². The van der Waals surface area contributed by atoms with Gasteiger partial charge in [0.15, 0.2) is 18.2 Å². The van der Waals surface area contributed by atoms with Gasteiger partial charge in [-0.3, -0.25) is 4.98 Å². The number of hydrogen-bond acceptors (Lipinski definition) is 8. The van der Waals surface area contributed by atoms with Gasteiger partial charge >= 0.3 is 0 Å². The molecule has 5 heterocycles. The molecule has 1 saturated carbocycles. The fraction of sp³-hybridized carbons (Fsp3) is 0.531. The highest BCUT2D eigenvalue weighted by Gasteiger charge is 2.69. The molecule has 8 nitrogen and oxygen atoms in total. The van der Waals surface area contributed by atoms with Gasteiger partial charge in [-0.15, -0.1) is 0 Å². The van der Waals surface area contributed by atoms with Crippen LogP contribution in [-0.4, -0.2) is 42.1 Å². The van der Waals surface area contributed by atoms with Crippen molar-refractivity contribution in [1.82, 2.24) is 4.98 Å². The van der Waals surface area contributed by atoms with E-state index in [9.17, 15) is 0 Å². The van der Waals surface area contributed by atoms with E-state index in [1.54, 1.807) is 6.20 Å². The summed E-state index contributed by atoms with van der Waals surface area (Å²) in [6, 6.07) is 15.9. The second-order valence-corrected chi connectivity index (χ2v) is 12.7. The number of nitrogens with one attached hydrogen (secondary N) is 2. The summed E-state index contributed by atoms with van der Waals surface area (Å²) >= 11 is 6.13. The molecule has 2 N–H and O–H groups in total. The number of rotatable bonds is 7. The molecule has 4 aliphatic heterocycles. The maximum atomic E-state index is 6.52. The van der Waals surface area contributed by atoms with Crippen molar-refractivity contribution in [2.75, 3.05) is 23.8 Å². The van der Waals surface area contributed by atoms with Gasteiger partial charge in [-0.05, 0) is 86.6 Å². The third-order valence-corrected chi connectivity index (χ3v) is 9.91. The van der Waals surface area contributed by atoms with Crippen molar-refractivity contribution in [3.8, 4) is 0 Å². The highest BCUT2D eigenvalue weighted by atomic mass is 35.5. The molecule has 1 aromatic heterocycles. The summed E-state index contributed by atoms with van der Waals surface area (Å²) < 4.78 is 19.3. The Hall–Kier alpha value is -2.46. The number of ether oxygens (including phenoxy) is 3. The second kappa shape index (κ2) is 10.7. The third kappa shape index (κ3) is 4.88. The topological polar surface area (TPSA) is 83.1 Å². The highest BCUT2D eigenvalue weighted by Crippen LogP contribution is 2.60. The molecule has 2 aromatic carbocycles. The Morgan fingerprint density at radius 2 is 1.83 bits per heavy atom. The van der Waals surface area contributed by atoms with Crippen LogP contribution in [-0.2, 0) is 24.0 Å². The van der Waals surface area contributed by atoms with Crippen LogP contribution in [0, 0.1) is 23.7 Å². The molecule has 218 valence electrons. The first-order chi connectivity index (χ1) is 19.8. The van der Waals surface area contributed by atoms with Gasteiger partial charge in [0.1, 0.15) is 0 Å². The van der Waals surface area contributed by atoms with Crippen molar-refractivity contribution in [3.05, 3.63) is 59.8 Å². The van der Waals surface area contributed by atoms with E-state index in [0.717, 1.165) is 47.2 Å².